The molecule has 0 aliphatic rings. The minimum Gasteiger partial charge on any atom is -0.469 e. The first kappa shape index (κ1) is 12.4. The highest BCUT2D eigenvalue weighted by atomic mass is 32.1. The number of carbonyl (C=O) groups excluding carboxylic acids is 1. The molecule has 2 rings (SSSR count). The Labute approximate surface area is 106 Å². The molecule has 18 heavy (non-hydrogen) atoms. The second-order valence-corrected chi connectivity index (χ2v) is 4.41. The first-order chi connectivity index (χ1) is 8.56. The maximum Gasteiger partial charge on any atom is 0.313 e. The Kier molecular flexibility index (Phi) is 3.19. The van der Waals surface area contributed by atoms with Crippen LogP contribution in [-0.4, -0.2) is 27.6 Å². The molecule has 1 unspecified atom stereocenters. The number of hydrogen-bond donors (Lipinski definition) is 0. The van der Waals surface area contributed by atoms with Gasteiger partial charge < -0.3 is 4.74 Å². The van der Waals surface area contributed by atoms with Crippen molar-refractivity contribution in [3.8, 4) is 0 Å². The second kappa shape index (κ2) is 4.65. The lowest BCUT2D eigenvalue weighted by molar-refractivity contribution is -0.385. The van der Waals surface area contributed by atoms with Crippen molar-refractivity contribution < 1.29 is 14.5 Å². The molecule has 0 fully saturated rings. The number of benzene rings is 1. The van der Waals surface area contributed by atoms with E-state index < -0.39 is 16.8 Å². The Bertz CT molecular complexity index is 625. The third-order valence-corrected chi connectivity index (χ3v) is 3.31. The molecule has 0 aliphatic carbocycles. The number of nitro benzene ring substituents is 1. The summed E-state index contributed by atoms with van der Waals surface area (Å²) in [5.74, 6) is -1.30. The third-order valence-electron chi connectivity index (χ3n) is 2.62. The number of rotatable bonds is 3. The van der Waals surface area contributed by atoms with E-state index in [1.807, 2.05) is 0 Å². The molecule has 1 atom stereocenters. The van der Waals surface area contributed by atoms with Crippen LogP contribution >= 0.6 is 11.5 Å². The summed E-state index contributed by atoms with van der Waals surface area (Å²) in [4.78, 5) is 22.0. The van der Waals surface area contributed by atoms with Crippen LogP contribution in [0.5, 0.6) is 0 Å². The molecule has 1 aromatic carbocycles. The minimum atomic E-state index is -0.761. The standard InChI is InChI=1S/C10H9N3O4S/c1-5(10(14)17-2)8-6(13(15)16)3-4-7-9(8)11-12-18-7/h3-5H,1-2H3. The lowest BCUT2D eigenvalue weighted by atomic mass is 9.98. The van der Waals surface area contributed by atoms with E-state index in [0.717, 1.165) is 11.5 Å². The van der Waals surface area contributed by atoms with Crippen LogP contribution in [0.2, 0.25) is 0 Å². The van der Waals surface area contributed by atoms with Gasteiger partial charge in [0.25, 0.3) is 5.69 Å². The van der Waals surface area contributed by atoms with Crippen LogP contribution in [0.3, 0.4) is 0 Å². The fraction of sp³-hybridized carbons (Fsp3) is 0.300. The van der Waals surface area contributed by atoms with Crippen LogP contribution in [0, 0.1) is 10.1 Å². The Morgan fingerprint density at radius 3 is 2.89 bits per heavy atom. The molecule has 0 saturated heterocycles. The highest BCUT2D eigenvalue weighted by Crippen LogP contribution is 2.34. The quantitative estimate of drug-likeness (QED) is 0.478. The number of esters is 1. The molecule has 0 amide bonds. The SMILES string of the molecule is COC(=O)C(C)c1c([N+](=O)[O-])ccc2snnc12. The number of ether oxygens (including phenoxy) is 1. The molecular weight excluding hydrogens is 258 g/mol. The highest BCUT2D eigenvalue weighted by Gasteiger charge is 2.28. The van der Waals surface area contributed by atoms with Gasteiger partial charge in [0.05, 0.1) is 28.2 Å². The topological polar surface area (TPSA) is 95.2 Å². The molecule has 0 aliphatic heterocycles. The molecular formula is C10H9N3O4S. The minimum absolute atomic E-state index is 0.145. The van der Waals surface area contributed by atoms with E-state index in [9.17, 15) is 14.9 Å². The number of fused-ring (bicyclic) bond motifs is 1. The predicted molar refractivity (Wildman–Crippen MR) is 64.5 cm³/mol. The molecule has 7 nitrogen and oxygen atoms in total. The van der Waals surface area contributed by atoms with Crippen molar-refractivity contribution in [1.29, 1.82) is 0 Å². The molecule has 0 radical (unpaired) electrons. The van der Waals surface area contributed by atoms with E-state index in [4.69, 9.17) is 0 Å². The van der Waals surface area contributed by atoms with Gasteiger partial charge in [-0.2, -0.15) is 0 Å². The summed E-state index contributed by atoms with van der Waals surface area (Å²) in [5, 5.41) is 14.9. The molecule has 2 aromatic rings. The number of hydrogen-bond acceptors (Lipinski definition) is 7. The first-order valence-corrected chi connectivity index (χ1v) is 5.80. The van der Waals surface area contributed by atoms with E-state index in [-0.39, 0.29) is 11.3 Å². The normalized spacial score (nSPS) is 12.3. The Balaban J connectivity index is 2.70. The van der Waals surface area contributed by atoms with Gasteiger partial charge in [-0.15, -0.1) is 5.10 Å². The molecule has 0 saturated carbocycles. The number of carbonyl (C=O) groups is 1. The summed E-state index contributed by atoms with van der Waals surface area (Å²) in [7, 11) is 1.24. The second-order valence-electron chi connectivity index (χ2n) is 3.62. The van der Waals surface area contributed by atoms with Gasteiger partial charge in [0.1, 0.15) is 5.52 Å². The molecule has 1 heterocycles. The molecule has 0 N–H and O–H groups in total. The Morgan fingerprint density at radius 2 is 2.28 bits per heavy atom. The molecule has 0 bridgehead atoms. The summed E-state index contributed by atoms with van der Waals surface area (Å²) in [6.45, 7) is 1.55. The summed E-state index contributed by atoms with van der Waals surface area (Å²) in [5.41, 5.74) is 0.485. The van der Waals surface area contributed by atoms with Crippen molar-refractivity contribution in [2.24, 2.45) is 0 Å². The van der Waals surface area contributed by atoms with Gasteiger partial charge in [0.2, 0.25) is 0 Å². The average molecular weight is 267 g/mol. The average Bonchev–Trinajstić information content (AvgIpc) is 2.83. The van der Waals surface area contributed by atoms with Crippen molar-refractivity contribution in [3.63, 3.8) is 0 Å². The van der Waals surface area contributed by atoms with Gasteiger partial charge in [0.15, 0.2) is 0 Å². The zero-order valence-electron chi connectivity index (χ0n) is 9.61. The Morgan fingerprint density at radius 1 is 1.56 bits per heavy atom. The van der Waals surface area contributed by atoms with Crippen LogP contribution in [0.25, 0.3) is 10.2 Å². The summed E-state index contributed by atoms with van der Waals surface area (Å²) in [6, 6.07) is 2.93. The molecule has 94 valence electrons. The van der Waals surface area contributed by atoms with Gasteiger partial charge in [0, 0.05) is 6.07 Å². The summed E-state index contributed by atoms with van der Waals surface area (Å²) in [6.07, 6.45) is 0. The van der Waals surface area contributed by atoms with Crippen molar-refractivity contribution in [2.45, 2.75) is 12.8 Å². The molecule has 1 aromatic heterocycles. The van der Waals surface area contributed by atoms with Crippen molar-refractivity contribution in [2.75, 3.05) is 7.11 Å². The van der Waals surface area contributed by atoms with E-state index in [1.54, 1.807) is 13.0 Å². The fourth-order valence-corrected chi connectivity index (χ4v) is 2.32. The third kappa shape index (κ3) is 1.90. The maximum absolute atomic E-state index is 11.6. The van der Waals surface area contributed by atoms with Crippen LogP contribution < -0.4 is 0 Å². The van der Waals surface area contributed by atoms with Gasteiger partial charge in [-0.25, -0.2) is 0 Å². The predicted octanol–water partition coefficient (Wildman–Crippen LogP) is 1.88. The highest BCUT2D eigenvalue weighted by molar-refractivity contribution is 7.12. The zero-order chi connectivity index (χ0) is 13.3. The van der Waals surface area contributed by atoms with Gasteiger partial charge in [-0.3, -0.25) is 14.9 Å². The largest absolute Gasteiger partial charge is 0.469 e. The van der Waals surface area contributed by atoms with E-state index >= 15 is 0 Å². The van der Waals surface area contributed by atoms with E-state index in [0.29, 0.717) is 10.2 Å². The van der Waals surface area contributed by atoms with Gasteiger partial charge in [-0.05, 0) is 24.5 Å². The maximum atomic E-state index is 11.6. The monoisotopic (exact) mass is 267 g/mol. The lowest BCUT2D eigenvalue weighted by Crippen LogP contribution is -2.13. The van der Waals surface area contributed by atoms with Crippen LogP contribution in [-0.2, 0) is 9.53 Å². The number of aromatic nitrogens is 2. The Hall–Kier alpha value is -2.09. The molecule has 0 spiro atoms. The van der Waals surface area contributed by atoms with E-state index in [2.05, 4.69) is 14.3 Å². The van der Waals surface area contributed by atoms with Gasteiger partial charge in [-0.1, -0.05) is 4.49 Å². The van der Waals surface area contributed by atoms with Gasteiger partial charge >= 0.3 is 5.97 Å². The van der Waals surface area contributed by atoms with Crippen LogP contribution in [0.1, 0.15) is 18.4 Å². The van der Waals surface area contributed by atoms with Crippen LogP contribution in [0.4, 0.5) is 5.69 Å². The number of nitrogens with zero attached hydrogens (tertiary/aromatic N) is 3. The summed E-state index contributed by atoms with van der Waals surface area (Å²) < 4.78 is 9.07. The van der Waals surface area contributed by atoms with Crippen LogP contribution in [0.15, 0.2) is 12.1 Å². The van der Waals surface area contributed by atoms with Crippen molar-refractivity contribution >= 4 is 33.4 Å². The van der Waals surface area contributed by atoms with Crippen molar-refractivity contribution in [1.82, 2.24) is 9.59 Å². The summed E-state index contributed by atoms with van der Waals surface area (Å²) >= 11 is 1.12. The number of methoxy groups -OCH3 is 1. The van der Waals surface area contributed by atoms with Crippen molar-refractivity contribution in [3.05, 3.63) is 27.8 Å². The first-order valence-electron chi connectivity index (χ1n) is 5.03. The van der Waals surface area contributed by atoms with E-state index in [1.165, 1.54) is 13.2 Å². The zero-order valence-corrected chi connectivity index (χ0v) is 10.4. The smallest absolute Gasteiger partial charge is 0.313 e. The lowest BCUT2D eigenvalue weighted by Gasteiger charge is -2.10. The fourth-order valence-electron chi connectivity index (χ4n) is 1.74. The number of nitro groups is 1. The molecule has 8 heteroatoms.